The molecule has 0 spiro atoms. The summed E-state index contributed by atoms with van der Waals surface area (Å²) in [6.45, 7) is 6.49. The number of carbonyl (C=O) groups excluding carboxylic acids is 1. The third kappa shape index (κ3) is 2.96. The van der Waals surface area contributed by atoms with Crippen LogP contribution in [0.4, 0.5) is 0 Å². The summed E-state index contributed by atoms with van der Waals surface area (Å²) in [7, 11) is 0. The van der Waals surface area contributed by atoms with Crippen LogP contribution in [0.15, 0.2) is 46.9 Å². The Balaban J connectivity index is 1.98. The molecule has 1 aromatic heterocycles. The average Bonchev–Trinajstić information content (AvgIpc) is 2.96. The van der Waals surface area contributed by atoms with E-state index >= 15 is 0 Å². The van der Waals surface area contributed by atoms with Crippen LogP contribution in [0.1, 0.15) is 36.7 Å². The molecule has 2 N–H and O–H groups in total. The molecule has 5 nitrogen and oxygen atoms in total. The van der Waals surface area contributed by atoms with Gasteiger partial charge in [0.2, 0.25) is 5.89 Å². The molecule has 5 heteroatoms. The number of benzene rings is 2. The molecule has 2 aromatic carbocycles. The summed E-state index contributed by atoms with van der Waals surface area (Å²) in [6.07, 6.45) is 0. The predicted molar refractivity (Wildman–Crippen MR) is 87.4 cm³/mol. The largest absolute Gasteiger partial charge is 0.436 e. The lowest BCUT2D eigenvalue weighted by molar-refractivity contribution is 0.0706. The number of rotatable bonds is 2. The van der Waals surface area contributed by atoms with Crippen molar-refractivity contribution in [3.05, 3.63) is 53.6 Å². The minimum atomic E-state index is -0.578. The number of aromatic nitrogens is 1. The molecule has 1 heterocycles. The van der Waals surface area contributed by atoms with Gasteiger partial charge in [-0.1, -0.05) is 32.9 Å². The van der Waals surface area contributed by atoms with Gasteiger partial charge in [-0.05, 0) is 41.3 Å². The summed E-state index contributed by atoms with van der Waals surface area (Å²) in [5.74, 6) is -0.0759. The summed E-state index contributed by atoms with van der Waals surface area (Å²) >= 11 is 0. The zero-order chi connectivity index (χ0) is 16.6. The maximum atomic E-state index is 11.4. The van der Waals surface area contributed by atoms with Gasteiger partial charge in [0.05, 0.1) is 0 Å². The Hall–Kier alpha value is -2.66. The Morgan fingerprint density at radius 2 is 1.83 bits per heavy atom. The van der Waals surface area contributed by atoms with Crippen molar-refractivity contribution in [1.82, 2.24) is 10.5 Å². The van der Waals surface area contributed by atoms with E-state index in [1.54, 1.807) is 23.7 Å². The van der Waals surface area contributed by atoms with Crippen molar-refractivity contribution in [2.24, 2.45) is 0 Å². The fraction of sp³-hybridized carbons (Fsp3) is 0.222. The highest BCUT2D eigenvalue weighted by molar-refractivity contribution is 5.96. The van der Waals surface area contributed by atoms with Crippen molar-refractivity contribution in [3.8, 4) is 11.5 Å². The number of nitrogens with zero attached hydrogens (tertiary/aromatic N) is 1. The summed E-state index contributed by atoms with van der Waals surface area (Å²) in [5.41, 5.74) is 5.29. The Kier molecular flexibility index (Phi) is 3.66. The number of amides is 1. The molecule has 3 aromatic rings. The zero-order valence-electron chi connectivity index (χ0n) is 13.3. The summed E-state index contributed by atoms with van der Waals surface area (Å²) in [4.78, 5) is 15.9. The summed E-state index contributed by atoms with van der Waals surface area (Å²) in [5, 5.41) is 8.69. The summed E-state index contributed by atoms with van der Waals surface area (Å²) < 4.78 is 5.74. The van der Waals surface area contributed by atoms with Crippen LogP contribution in [-0.2, 0) is 5.41 Å². The first kappa shape index (κ1) is 15.2. The number of hydrogen-bond donors (Lipinski definition) is 2. The van der Waals surface area contributed by atoms with Crippen LogP contribution >= 0.6 is 0 Å². The molecule has 0 aliphatic heterocycles. The highest BCUT2D eigenvalue weighted by atomic mass is 16.5. The monoisotopic (exact) mass is 310 g/mol. The normalized spacial score (nSPS) is 11.7. The van der Waals surface area contributed by atoms with Crippen LogP contribution in [0, 0.1) is 0 Å². The van der Waals surface area contributed by atoms with Crippen molar-refractivity contribution in [2.45, 2.75) is 26.2 Å². The Morgan fingerprint density at radius 3 is 2.43 bits per heavy atom. The number of hydrogen-bond acceptors (Lipinski definition) is 4. The molecule has 23 heavy (non-hydrogen) atoms. The van der Waals surface area contributed by atoms with Crippen LogP contribution in [0.2, 0.25) is 0 Å². The van der Waals surface area contributed by atoms with Crippen LogP contribution in [-0.4, -0.2) is 16.1 Å². The van der Waals surface area contributed by atoms with Gasteiger partial charge >= 0.3 is 0 Å². The van der Waals surface area contributed by atoms with E-state index in [2.05, 4.69) is 37.9 Å². The molecule has 0 saturated heterocycles. The van der Waals surface area contributed by atoms with Gasteiger partial charge in [-0.2, -0.15) is 0 Å². The Morgan fingerprint density at radius 1 is 1.13 bits per heavy atom. The highest BCUT2D eigenvalue weighted by Gasteiger charge is 2.15. The third-order valence-corrected chi connectivity index (χ3v) is 3.75. The number of hydroxylamine groups is 1. The van der Waals surface area contributed by atoms with Gasteiger partial charge in [-0.25, -0.2) is 10.5 Å². The van der Waals surface area contributed by atoms with E-state index in [9.17, 15) is 4.79 Å². The van der Waals surface area contributed by atoms with Crippen LogP contribution in [0.5, 0.6) is 0 Å². The first-order valence-corrected chi connectivity index (χ1v) is 7.34. The van der Waals surface area contributed by atoms with Crippen molar-refractivity contribution >= 4 is 17.0 Å². The van der Waals surface area contributed by atoms with E-state index in [-0.39, 0.29) is 5.41 Å². The molecule has 3 rings (SSSR count). The van der Waals surface area contributed by atoms with E-state index in [0.717, 1.165) is 5.56 Å². The highest BCUT2D eigenvalue weighted by Crippen LogP contribution is 2.28. The second-order valence-electron chi connectivity index (χ2n) is 6.47. The lowest BCUT2D eigenvalue weighted by atomic mass is 9.87. The molecule has 1 amide bonds. The molecule has 0 radical (unpaired) electrons. The molecular weight excluding hydrogens is 292 g/mol. The number of oxazole rings is 1. The second kappa shape index (κ2) is 5.52. The Bertz CT molecular complexity index is 858. The van der Waals surface area contributed by atoms with E-state index in [1.807, 2.05) is 12.1 Å². The van der Waals surface area contributed by atoms with Gasteiger partial charge in [-0.15, -0.1) is 0 Å². The van der Waals surface area contributed by atoms with Gasteiger partial charge in [0.1, 0.15) is 5.52 Å². The average molecular weight is 310 g/mol. The van der Waals surface area contributed by atoms with Gasteiger partial charge in [0.15, 0.2) is 5.58 Å². The van der Waals surface area contributed by atoms with Crippen molar-refractivity contribution < 1.29 is 14.4 Å². The van der Waals surface area contributed by atoms with Crippen LogP contribution in [0.25, 0.3) is 22.6 Å². The molecule has 0 fully saturated rings. The molecule has 118 valence electrons. The quantitative estimate of drug-likeness (QED) is 0.556. The molecule has 0 saturated carbocycles. The molecule has 0 aliphatic carbocycles. The Labute approximate surface area is 133 Å². The van der Waals surface area contributed by atoms with Gasteiger partial charge in [-0.3, -0.25) is 10.0 Å². The van der Waals surface area contributed by atoms with Gasteiger partial charge in [0, 0.05) is 11.1 Å². The van der Waals surface area contributed by atoms with Crippen LogP contribution in [0.3, 0.4) is 0 Å². The topological polar surface area (TPSA) is 75.4 Å². The molecule has 0 aliphatic rings. The van der Waals surface area contributed by atoms with Gasteiger partial charge < -0.3 is 4.42 Å². The van der Waals surface area contributed by atoms with E-state index in [1.165, 1.54) is 5.56 Å². The third-order valence-electron chi connectivity index (χ3n) is 3.75. The minimum absolute atomic E-state index is 0.0897. The molecule has 0 atom stereocenters. The maximum Gasteiger partial charge on any atom is 0.274 e. The van der Waals surface area contributed by atoms with E-state index in [0.29, 0.717) is 22.6 Å². The predicted octanol–water partition coefficient (Wildman–Crippen LogP) is 3.91. The fourth-order valence-corrected chi connectivity index (χ4v) is 2.37. The first-order valence-electron chi connectivity index (χ1n) is 7.34. The zero-order valence-corrected chi connectivity index (χ0v) is 13.3. The van der Waals surface area contributed by atoms with E-state index in [4.69, 9.17) is 9.62 Å². The standard InChI is InChI=1S/C18H18N2O3/c1-18(2,3)13-7-4-11(5-8-13)17-19-14-10-12(16(21)20-22)6-9-15(14)23-17/h4-10,22H,1-3H3,(H,20,21). The van der Waals surface area contributed by atoms with E-state index < -0.39 is 5.91 Å². The fourth-order valence-electron chi connectivity index (χ4n) is 2.37. The maximum absolute atomic E-state index is 11.4. The number of fused-ring (bicyclic) bond motifs is 1. The van der Waals surface area contributed by atoms with Crippen molar-refractivity contribution in [2.75, 3.05) is 0 Å². The second-order valence-corrected chi connectivity index (χ2v) is 6.47. The lowest BCUT2D eigenvalue weighted by Gasteiger charge is -2.18. The molecule has 0 bridgehead atoms. The smallest absolute Gasteiger partial charge is 0.274 e. The lowest BCUT2D eigenvalue weighted by Crippen LogP contribution is -2.18. The molecular formula is C18H18N2O3. The minimum Gasteiger partial charge on any atom is -0.436 e. The summed E-state index contributed by atoms with van der Waals surface area (Å²) in [6, 6.07) is 12.9. The van der Waals surface area contributed by atoms with Crippen molar-refractivity contribution in [1.29, 1.82) is 0 Å². The number of carbonyl (C=O) groups is 1. The number of nitrogens with one attached hydrogen (secondary N) is 1. The van der Waals surface area contributed by atoms with Crippen molar-refractivity contribution in [3.63, 3.8) is 0 Å². The first-order chi connectivity index (χ1) is 10.9. The molecule has 0 unspecified atom stereocenters. The van der Waals surface area contributed by atoms with Crippen LogP contribution < -0.4 is 5.48 Å². The van der Waals surface area contributed by atoms with Gasteiger partial charge in [0.25, 0.3) is 5.91 Å². The SMILES string of the molecule is CC(C)(C)c1ccc(-c2nc3cc(C(=O)NO)ccc3o2)cc1.